The largest absolute Gasteiger partial charge is 0.309 e. The molecule has 4 heteroatoms. The summed E-state index contributed by atoms with van der Waals surface area (Å²) < 4.78 is 22.8. The van der Waals surface area contributed by atoms with Gasteiger partial charge < -0.3 is 5.32 Å². The fraction of sp³-hybridized carbons (Fsp3) is 0.500. The molecule has 1 N–H and O–H groups in total. The first-order chi connectivity index (χ1) is 7.53. The maximum Gasteiger partial charge on any atom is 0.151 e. The van der Waals surface area contributed by atoms with E-state index in [9.17, 15) is 8.42 Å². The van der Waals surface area contributed by atoms with Crippen molar-refractivity contribution in [2.45, 2.75) is 26.4 Å². The van der Waals surface area contributed by atoms with Crippen LogP contribution in [0.2, 0.25) is 0 Å². The Bertz CT molecular complexity index is 400. The maximum atomic E-state index is 11.4. The number of sulfone groups is 1. The normalized spacial score (nSPS) is 13.6. The third-order valence-electron chi connectivity index (χ3n) is 2.44. The summed E-state index contributed by atoms with van der Waals surface area (Å²) in [6.07, 6.45) is 0. The first-order valence-corrected chi connectivity index (χ1v) is 7.33. The predicted molar refractivity (Wildman–Crippen MR) is 67.1 cm³/mol. The second-order valence-electron chi connectivity index (χ2n) is 3.97. The highest BCUT2D eigenvalue weighted by molar-refractivity contribution is 7.91. The molecule has 0 fully saturated rings. The minimum Gasteiger partial charge on any atom is -0.309 e. The molecule has 1 aromatic carbocycles. The Hall–Kier alpha value is -0.870. The number of hydrogen-bond acceptors (Lipinski definition) is 3. The second kappa shape index (κ2) is 6.01. The first kappa shape index (κ1) is 13.2. The Morgan fingerprint density at radius 1 is 1.25 bits per heavy atom. The van der Waals surface area contributed by atoms with Gasteiger partial charge in [-0.25, -0.2) is 8.42 Å². The maximum absolute atomic E-state index is 11.4. The van der Waals surface area contributed by atoms with E-state index < -0.39 is 9.84 Å². The predicted octanol–water partition coefficient (Wildman–Crippen LogP) is 1.60. The van der Waals surface area contributed by atoms with Crippen LogP contribution in [0.1, 0.15) is 19.4 Å². The van der Waals surface area contributed by atoms with Crippen molar-refractivity contribution in [2.24, 2.45) is 0 Å². The van der Waals surface area contributed by atoms with Crippen molar-refractivity contribution in [2.75, 3.05) is 11.5 Å². The fourth-order valence-electron chi connectivity index (χ4n) is 1.45. The Balaban J connectivity index is 2.39. The highest BCUT2D eigenvalue weighted by Crippen LogP contribution is 2.00. The van der Waals surface area contributed by atoms with E-state index in [4.69, 9.17) is 0 Å². The molecule has 0 heterocycles. The van der Waals surface area contributed by atoms with Crippen LogP contribution < -0.4 is 5.32 Å². The van der Waals surface area contributed by atoms with Crippen molar-refractivity contribution in [1.82, 2.24) is 5.32 Å². The van der Waals surface area contributed by atoms with Crippen LogP contribution in [0.15, 0.2) is 30.3 Å². The molecule has 16 heavy (non-hydrogen) atoms. The average Bonchev–Trinajstić information content (AvgIpc) is 2.27. The Kier molecular flexibility index (Phi) is 4.96. The lowest BCUT2D eigenvalue weighted by Gasteiger charge is -2.13. The van der Waals surface area contributed by atoms with Gasteiger partial charge in [0.2, 0.25) is 0 Å². The summed E-state index contributed by atoms with van der Waals surface area (Å²) in [6.45, 7) is 4.29. The van der Waals surface area contributed by atoms with Crippen molar-refractivity contribution in [1.29, 1.82) is 0 Å². The molecule has 0 aromatic heterocycles. The standard InChI is InChI=1S/C12H19NO2S/c1-3-16(14,15)10-11(2)13-9-12-7-5-4-6-8-12/h4-8,11,13H,3,9-10H2,1-2H3. The van der Waals surface area contributed by atoms with E-state index >= 15 is 0 Å². The lowest BCUT2D eigenvalue weighted by atomic mass is 10.2. The molecule has 1 unspecified atom stereocenters. The van der Waals surface area contributed by atoms with E-state index in [-0.39, 0.29) is 17.5 Å². The van der Waals surface area contributed by atoms with E-state index in [2.05, 4.69) is 5.32 Å². The van der Waals surface area contributed by atoms with Gasteiger partial charge >= 0.3 is 0 Å². The van der Waals surface area contributed by atoms with E-state index in [1.807, 2.05) is 37.3 Å². The van der Waals surface area contributed by atoms with Crippen LogP contribution in [0, 0.1) is 0 Å². The van der Waals surface area contributed by atoms with Crippen LogP contribution in [0.5, 0.6) is 0 Å². The lowest BCUT2D eigenvalue weighted by Crippen LogP contribution is -2.33. The zero-order valence-corrected chi connectivity index (χ0v) is 10.6. The number of hydrogen-bond donors (Lipinski definition) is 1. The topological polar surface area (TPSA) is 46.2 Å². The van der Waals surface area contributed by atoms with Gasteiger partial charge in [0.05, 0.1) is 5.75 Å². The molecular formula is C12H19NO2S. The number of nitrogens with one attached hydrogen (secondary N) is 1. The summed E-state index contributed by atoms with van der Waals surface area (Å²) in [5, 5.41) is 3.21. The Morgan fingerprint density at radius 3 is 2.44 bits per heavy atom. The minimum absolute atomic E-state index is 0.00911. The fourth-order valence-corrected chi connectivity index (χ4v) is 2.56. The molecule has 90 valence electrons. The minimum atomic E-state index is -2.89. The molecule has 0 aliphatic carbocycles. The van der Waals surface area contributed by atoms with Crippen molar-refractivity contribution in [3.63, 3.8) is 0 Å². The third kappa shape index (κ3) is 4.77. The highest BCUT2D eigenvalue weighted by Gasteiger charge is 2.12. The summed E-state index contributed by atoms with van der Waals surface area (Å²) >= 11 is 0. The van der Waals surface area contributed by atoms with Gasteiger partial charge in [0.25, 0.3) is 0 Å². The van der Waals surface area contributed by atoms with Crippen molar-refractivity contribution >= 4 is 9.84 Å². The molecule has 0 saturated heterocycles. The van der Waals surface area contributed by atoms with Gasteiger partial charge in [0.15, 0.2) is 9.84 Å². The molecule has 0 spiro atoms. The van der Waals surface area contributed by atoms with Crippen LogP contribution in [0.4, 0.5) is 0 Å². The molecule has 0 amide bonds. The van der Waals surface area contributed by atoms with Crippen LogP contribution in [0.3, 0.4) is 0 Å². The molecular weight excluding hydrogens is 222 g/mol. The zero-order valence-electron chi connectivity index (χ0n) is 9.81. The van der Waals surface area contributed by atoms with Gasteiger partial charge in [-0.2, -0.15) is 0 Å². The molecule has 0 radical (unpaired) electrons. The quantitative estimate of drug-likeness (QED) is 0.823. The van der Waals surface area contributed by atoms with Gasteiger partial charge in [0, 0.05) is 18.3 Å². The first-order valence-electron chi connectivity index (χ1n) is 5.51. The summed E-state index contributed by atoms with van der Waals surface area (Å²) in [4.78, 5) is 0. The van der Waals surface area contributed by atoms with Gasteiger partial charge in [-0.15, -0.1) is 0 Å². The summed E-state index contributed by atoms with van der Waals surface area (Å²) in [7, 11) is -2.89. The van der Waals surface area contributed by atoms with Crippen molar-refractivity contribution in [3.8, 4) is 0 Å². The number of rotatable bonds is 6. The molecule has 1 rings (SSSR count). The molecule has 3 nitrogen and oxygen atoms in total. The average molecular weight is 241 g/mol. The number of benzene rings is 1. The molecule has 0 bridgehead atoms. The lowest BCUT2D eigenvalue weighted by molar-refractivity contribution is 0.557. The van der Waals surface area contributed by atoms with Crippen molar-refractivity contribution < 1.29 is 8.42 Å². The monoisotopic (exact) mass is 241 g/mol. The van der Waals surface area contributed by atoms with Crippen molar-refractivity contribution in [3.05, 3.63) is 35.9 Å². The van der Waals surface area contributed by atoms with Crippen LogP contribution in [0.25, 0.3) is 0 Å². The van der Waals surface area contributed by atoms with E-state index in [0.29, 0.717) is 6.54 Å². The van der Waals surface area contributed by atoms with Gasteiger partial charge in [-0.3, -0.25) is 0 Å². The van der Waals surface area contributed by atoms with E-state index in [0.717, 1.165) is 0 Å². The SMILES string of the molecule is CCS(=O)(=O)CC(C)NCc1ccccc1. The summed E-state index contributed by atoms with van der Waals surface area (Å²) in [5.41, 5.74) is 1.17. The van der Waals surface area contributed by atoms with Crippen LogP contribution in [-0.2, 0) is 16.4 Å². The summed E-state index contributed by atoms with van der Waals surface area (Å²) in [5.74, 6) is 0.417. The van der Waals surface area contributed by atoms with Gasteiger partial charge in [-0.1, -0.05) is 37.3 Å². The van der Waals surface area contributed by atoms with Gasteiger partial charge in [0.1, 0.15) is 0 Å². The molecule has 1 aromatic rings. The van der Waals surface area contributed by atoms with Gasteiger partial charge in [-0.05, 0) is 12.5 Å². The summed E-state index contributed by atoms with van der Waals surface area (Å²) in [6, 6.07) is 9.95. The van der Waals surface area contributed by atoms with Crippen LogP contribution in [-0.4, -0.2) is 26.0 Å². The third-order valence-corrected chi connectivity index (χ3v) is 4.33. The van der Waals surface area contributed by atoms with Crippen LogP contribution >= 0.6 is 0 Å². The second-order valence-corrected chi connectivity index (χ2v) is 6.36. The molecule has 0 saturated carbocycles. The molecule has 0 aliphatic heterocycles. The molecule has 1 atom stereocenters. The van der Waals surface area contributed by atoms with E-state index in [1.54, 1.807) is 6.92 Å². The zero-order chi connectivity index (χ0) is 12.0. The molecule has 0 aliphatic rings. The Morgan fingerprint density at radius 2 is 1.88 bits per heavy atom. The smallest absolute Gasteiger partial charge is 0.151 e. The van der Waals surface area contributed by atoms with E-state index in [1.165, 1.54) is 5.56 Å². The Labute approximate surface area is 97.8 Å². The highest BCUT2D eigenvalue weighted by atomic mass is 32.2.